The molecule has 0 N–H and O–H groups in total. The molecule has 0 unspecified atom stereocenters. The van der Waals surface area contributed by atoms with E-state index in [0.29, 0.717) is 13.0 Å². The van der Waals surface area contributed by atoms with Crippen LogP contribution in [-0.4, -0.2) is 37.8 Å². The normalized spacial score (nSPS) is 18.7. The van der Waals surface area contributed by atoms with E-state index in [9.17, 15) is 13.2 Å². The van der Waals surface area contributed by atoms with Gasteiger partial charge in [-0.15, -0.1) is 0 Å². The molecule has 0 aromatic heterocycles. The Bertz CT molecular complexity index is 646. The number of nitrogens with zero attached hydrogens (tertiary/aromatic N) is 1. The van der Waals surface area contributed by atoms with Gasteiger partial charge in [0, 0.05) is 13.0 Å². The summed E-state index contributed by atoms with van der Waals surface area (Å²) < 4.78 is 34.8. The number of benzene rings is 1. The fourth-order valence-corrected chi connectivity index (χ4v) is 2.97. The minimum Gasteiger partial charge on any atom is -0.444 e. The summed E-state index contributed by atoms with van der Waals surface area (Å²) in [5.41, 5.74) is 0.325. The smallest absolute Gasteiger partial charge is 0.412 e. The summed E-state index contributed by atoms with van der Waals surface area (Å²) in [5.74, 6) is 0. The Hall–Kier alpha value is -1.60. The Balaban J connectivity index is 2.04. The Labute approximate surface area is 131 Å². The molecule has 0 radical (unpaired) electrons. The SMILES string of the molecule is Cc1ccc(S(=O)(=O)O[C@H]2CCN2C(=O)OC(C)(C)C)cc1. The van der Waals surface area contributed by atoms with Gasteiger partial charge < -0.3 is 4.74 Å². The molecule has 1 aliphatic rings. The average Bonchev–Trinajstić information content (AvgIpc) is 2.33. The third-order valence-electron chi connectivity index (χ3n) is 3.14. The highest BCUT2D eigenvalue weighted by Crippen LogP contribution is 2.26. The quantitative estimate of drug-likeness (QED) is 0.798. The first-order chi connectivity index (χ1) is 10.1. The summed E-state index contributed by atoms with van der Waals surface area (Å²) in [6.45, 7) is 7.55. The van der Waals surface area contributed by atoms with E-state index in [-0.39, 0.29) is 4.90 Å². The highest BCUT2D eigenvalue weighted by molar-refractivity contribution is 7.86. The maximum Gasteiger partial charge on any atom is 0.412 e. The Morgan fingerprint density at radius 2 is 1.82 bits per heavy atom. The third-order valence-corrected chi connectivity index (χ3v) is 4.47. The first kappa shape index (κ1) is 16.8. The van der Waals surface area contributed by atoms with E-state index < -0.39 is 28.0 Å². The number of carbonyl (C=O) groups excluding carboxylic acids is 1. The largest absolute Gasteiger partial charge is 0.444 e. The van der Waals surface area contributed by atoms with E-state index in [1.807, 2.05) is 6.92 Å². The molecule has 0 bridgehead atoms. The predicted molar refractivity (Wildman–Crippen MR) is 80.8 cm³/mol. The summed E-state index contributed by atoms with van der Waals surface area (Å²) in [4.78, 5) is 13.3. The van der Waals surface area contributed by atoms with E-state index in [1.165, 1.54) is 17.0 Å². The molecule has 1 amide bonds. The second kappa shape index (κ2) is 5.89. The highest BCUT2D eigenvalue weighted by Gasteiger charge is 2.39. The second-order valence-corrected chi connectivity index (χ2v) is 7.85. The predicted octanol–water partition coefficient (Wildman–Crippen LogP) is 2.67. The topological polar surface area (TPSA) is 72.9 Å². The molecule has 22 heavy (non-hydrogen) atoms. The lowest BCUT2D eigenvalue weighted by molar-refractivity contribution is -0.0632. The Morgan fingerprint density at radius 3 is 2.27 bits per heavy atom. The van der Waals surface area contributed by atoms with Gasteiger partial charge in [-0.2, -0.15) is 8.42 Å². The number of carbonyl (C=O) groups is 1. The van der Waals surface area contributed by atoms with Crippen molar-refractivity contribution in [1.29, 1.82) is 0 Å². The van der Waals surface area contributed by atoms with Crippen LogP contribution in [0.4, 0.5) is 4.79 Å². The van der Waals surface area contributed by atoms with Crippen molar-refractivity contribution >= 4 is 16.2 Å². The monoisotopic (exact) mass is 327 g/mol. The van der Waals surface area contributed by atoms with Crippen molar-refractivity contribution in [1.82, 2.24) is 4.90 Å². The van der Waals surface area contributed by atoms with Crippen LogP contribution < -0.4 is 0 Å². The molecule has 6 nitrogen and oxygen atoms in total. The van der Waals surface area contributed by atoms with Crippen molar-refractivity contribution in [2.24, 2.45) is 0 Å². The van der Waals surface area contributed by atoms with Gasteiger partial charge in [0.15, 0.2) is 6.23 Å². The molecule has 0 spiro atoms. The van der Waals surface area contributed by atoms with Crippen LogP contribution >= 0.6 is 0 Å². The molecule has 0 aliphatic carbocycles. The molecule has 1 fully saturated rings. The molecule has 2 rings (SSSR count). The van der Waals surface area contributed by atoms with Gasteiger partial charge in [0.2, 0.25) is 0 Å². The number of aryl methyl sites for hydroxylation is 1. The van der Waals surface area contributed by atoms with Crippen LogP contribution in [0.5, 0.6) is 0 Å². The van der Waals surface area contributed by atoms with Crippen molar-refractivity contribution in [3.05, 3.63) is 29.8 Å². The van der Waals surface area contributed by atoms with Crippen LogP contribution in [0.15, 0.2) is 29.2 Å². The van der Waals surface area contributed by atoms with E-state index >= 15 is 0 Å². The number of likely N-dealkylation sites (tertiary alicyclic amines) is 1. The lowest BCUT2D eigenvalue weighted by Crippen LogP contribution is -2.54. The molecule has 1 heterocycles. The lowest BCUT2D eigenvalue weighted by Gasteiger charge is -2.39. The fourth-order valence-electron chi connectivity index (χ4n) is 1.90. The number of rotatable bonds is 3. The lowest BCUT2D eigenvalue weighted by atomic mass is 10.2. The molecular weight excluding hydrogens is 306 g/mol. The van der Waals surface area contributed by atoms with Gasteiger partial charge in [0.05, 0.1) is 4.90 Å². The zero-order valence-electron chi connectivity index (χ0n) is 13.2. The molecule has 1 aromatic carbocycles. The number of ether oxygens (including phenoxy) is 1. The van der Waals surface area contributed by atoms with Gasteiger partial charge in [-0.25, -0.2) is 8.98 Å². The maximum absolute atomic E-state index is 12.2. The molecule has 7 heteroatoms. The Kier molecular flexibility index (Phi) is 4.49. The van der Waals surface area contributed by atoms with Crippen molar-refractivity contribution in [2.75, 3.05) is 6.54 Å². The number of hydrogen-bond acceptors (Lipinski definition) is 5. The van der Waals surface area contributed by atoms with Gasteiger partial charge in [-0.1, -0.05) is 17.7 Å². The van der Waals surface area contributed by atoms with Crippen LogP contribution in [0.25, 0.3) is 0 Å². The van der Waals surface area contributed by atoms with E-state index in [4.69, 9.17) is 8.92 Å². The fraction of sp³-hybridized carbons (Fsp3) is 0.533. The number of amides is 1. The van der Waals surface area contributed by atoms with Crippen LogP contribution in [0, 0.1) is 6.92 Å². The molecule has 1 aliphatic heterocycles. The molecule has 1 atom stereocenters. The zero-order chi connectivity index (χ0) is 16.5. The molecule has 1 aromatic rings. The summed E-state index contributed by atoms with van der Waals surface area (Å²) in [7, 11) is -3.90. The minimum absolute atomic E-state index is 0.0779. The zero-order valence-corrected chi connectivity index (χ0v) is 14.0. The molecule has 1 saturated heterocycles. The second-order valence-electron chi connectivity index (χ2n) is 6.28. The average molecular weight is 327 g/mol. The van der Waals surface area contributed by atoms with Crippen molar-refractivity contribution in [3.63, 3.8) is 0 Å². The maximum atomic E-state index is 12.2. The van der Waals surface area contributed by atoms with Crippen LogP contribution in [0.1, 0.15) is 32.8 Å². The Morgan fingerprint density at radius 1 is 1.23 bits per heavy atom. The van der Waals surface area contributed by atoms with E-state index in [2.05, 4.69) is 0 Å². The van der Waals surface area contributed by atoms with Gasteiger partial charge >= 0.3 is 6.09 Å². The molecular formula is C15H21NO5S. The number of hydrogen-bond donors (Lipinski definition) is 0. The molecule has 0 saturated carbocycles. The molecule has 122 valence electrons. The summed E-state index contributed by atoms with van der Waals surface area (Å²) in [5, 5.41) is 0. The standard InChI is InChI=1S/C15H21NO5S/c1-11-5-7-12(8-6-11)22(18,19)21-13-9-10-16(13)14(17)20-15(2,3)4/h5-8,13H,9-10H2,1-4H3/t13-/m0/s1. The summed E-state index contributed by atoms with van der Waals surface area (Å²) in [6.07, 6.45) is -0.909. The highest BCUT2D eigenvalue weighted by atomic mass is 32.2. The van der Waals surface area contributed by atoms with Crippen LogP contribution in [-0.2, 0) is 19.0 Å². The van der Waals surface area contributed by atoms with Gasteiger partial charge in [-0.05, 0) is 39.8 Å². The van der Waals surface area contributed by atoms with Crippen molar-refractivity contribution in [2.45, 2.75) is 50.8 Å². The van der Waals surface area contributed by atoms with Gasteiger partial charge in [-0.3, -0.25) is 4.90 Å². The summed E-state index contributed by atoms with van der Waals surface area (Å²) in [6, 6.07) is 6.37. The first-order valence-corrected chi connectivity index (χ1v) is 8.49. The van der Waals surface area contributed by atoms with E-state index in [0.717, 1.165) is 5.56 Å². The van der Waals surface area contributed by atoms with Crippen LogP contribution in [0.3, 0.4) is 0 Å². The third kappa shape index (κ3) is 3.98. The van der Waals surface area contributed by atoms with Crippen molar-refractivity contribution < 1.29 is 22.1 Å². The minimum atomic E-state index is -3.90. The van der Waals surface area contributed by atoms with E-state index in [1.54, 1.807) is 32.9 Å². The summed E-state index contributed by atoms with van der Waals surface area (Å²) >= 11 is 0. The first-order valence-electron chi connectivity index (χ1n) is 7.08. The van der Waals surface area contributed by atoms with Crippen molar-refractivity contribution in [3.8, 4) is 0 Å². The van der Waals surface area contributed by atoms with Gasteiger partial charge in [0.1, 0.15) is 5.60 Å². The van der Waals surface area contributed by atoms with Crippen LogP contribution in [0.2, 0.25) is 0 Å². The van der Waals surface area contributed by atoms with Gasteiger partial charge in [0.25, 0.3) is 10.1 Å².